The molecule has 0 amide bonds. The fraction of sp³-hybridized carbons (Fsp3) is 0. The number of hydrogen-bond donors (Lipinski definition) is 0. The van der Waals surface area contributed by atoms with E-state index in [2.05, 4.69) is 252 Å². The molecule has 0 aliphatic rings. The molecule has 1 aromatic heterocycles. The predicted octanol–water partition coefficient (Wildman–Crippen LogP) is 16.1. The number of hydrogen-bond acceptors (Lipinski definition) is 1. The van der Waals surface area contributed by atoms with E-state index in [-0.39, 0.29) is 0 Å². The second-order valence-electron chi connectivity index (χ2n) is 15.3. The zero-order chi connectivity index (χ0) is 39.8. The monoisotopic (exact) mass is 764 g/mol. The van der Waals surface area contributed by atoms with Gasteiger partial charge in [-0.2, -0.15) is 0 Å². The quantitative estimate of drug-likeness (QED) is 0.150. The molecule has 0 unspecified atom stereocenters. The highest BCUT2D eigenvalue weighted by atomic mass is 15.1. The van der Waals surface area contributed by atoms with Crippen LogP contribution < -0.4 is 4.90 Å². The summed E-state index contributed by atoms with van der Waals surface area (Å²) < 4.78 is 2.40. The molecule has 0 aliphatic heterocycles. The standard InChI is InChI=1S/C58H40N2/c1-3-15-41(16-4-1)42-31-33-43(34-32-42)44-35-37-48(38-36-44)59(50-23-14-24-51(40-50)60-56-29-9-7-25-54(56)55-26-8-10-30-57(55)60)49-22-11-21-47(39-49)53-28-13-20-46-19-12-27-52(58(46)53)45-17-5-2-6-18-45/h1-40H. The van der Waals surface area contributed by atoms with E-state index in [0.717, 1.165) is 22.7 Å². The van der Waals surface area contributed by atoms with Crippen molar-refractivity contribution < 1.29 is 0 Å². The molecule has 1 heterocycles. The maximum Gasteiger partial charge on any atom is 0.0541 e. The molecule has 0 spiro atoms. The van der Waals surface area contributed by atoms with E-state index < -0.39 is 0 Å². The van der Waals surface area contributed by atoms with Crippen molar-refractivity contribution in [2.24, 2.45) is 0 Å². The van der Waals surface area contributed by atoms with Crippen molar-refractivity contribution in [1.82, 2.24) is 4.57 Å². The van der Waals surface area contributed by atoms with E-state index in [1.165, 1.54) is 77.1 Å². The van der Waals surface area contributed by atoms with Crippen molar-refractivity contribution in [3.63, 3.8) is 0 Å². The van der Waals surface area contributed by atoms with E-state index in [9.17, 15) is 0 Å². The lowest BCUT2D eigenvalue weighted by molar-refractivity contribution is 1.17. The molecule has 0 atom stereocenters. The van der Waals surface area contributed by atoms with Gasteiger partial charge in [0.15, 0.2) is 0 Å². The number of aromatic nitrogens is 1. The summed E-state index contributed by atoms with van der Waals surface area (Å²) >= 11 is 0. The van der Waals surface area contributed by atoms with Crippen LogP contribution in [0.25, 0.3) is 82.8 Å². The molecule has 60 heavy (non-hydrogen) atoms. The van der Waals surface area contributed by atoms with Crippen molar-refractivity contribution in [2.45, 2.75) is 0 Å². The summed E-state index contributed by atoms with van der Waals surface area (Å²) in [6.45, 7) is 0. The molecule has 0 aliphatic carbocycles. The second kappa shape index (κ2) is 15.1. The van der Waals surface area contributed by atoms with Crippen LogP contribution in [0.2, 0.25) is 0 Å². The largest absolute Gasteiger partial charge is 0.310 e. The Kier molecular flexibility index (Phi) is 8.87. The van der Waals surface area contributed by atoms with E-state index in [0.29, 0.717) is 0 Å². The van der Waals surface area contributed by atoms with Crippen LogP contribution in [-0.2, 0) is 0 Å². The first-order valence-corrected chi connectivity index (χ1v) is 20.6. The highest BCUT2D eigenvalue weighted by Crippen LogP contribution is 2.42. The molecule has 2 nitrogen and oxygen atoms in total. The van der Waals surface area contributed by atoms with Gasteiger partial charge in [0, 0.05) is 33.5 Å². The molecule has 282 valence electrons. The molecule has 11 aromatic rings. The van der Waals surface area contributed by atoms with E-state index >= 15 is 0 Å². The van der Waals surface area contributed by atoms with E-state index in [4.69, 9.17) is 0 Å². The fourth-order valence-corrected chi connectivity index (χ4v) is 8.96. The number of para-hydroxylation sites is 2. The van der Waals surface area contributed by atoms with Crippen LogP contribution in [0.15, 0.2) is 243 Å². The molecule has 0 radical (unpaired) electrons. The summed E-state index contributed by atoms with van der Waals surface area (Å²) in [4.78, 5) is 2.40. The summed E-state index contributed by atoms with van der Waals surface area (Å²) in [5, 5.41) is 4.98. The first-order valence-electron chi connectivity index (χ1n) is 20.6. The predicted molar refractivity (Wildman–Crippen MR) is 255 cm³/mol. The van der Waals surface area contributed by atoms with Gasteiger partial charge in [-0.25, -0.2) is 0 Å². The fourth-order valence-electron chi connectivity index (χ4n) is 8.96. The van der Waals surface area contributed by atoms with Gasteiger partial charge in [0.25, 0.3) is 0 Å². The molecule has 0 saturated carbocycles. The van der Waals surface area contributed by atoms with Gasteiger partial charge >= 0.3 is 0 Å². The molecule has 2 heteroatoms. The molecule has 0 fully saturated rings. The van der Waals surface area contributed by atoms with Gasteiger partial charge in [0.1, 0.15) is 0 Å². The molecular weight excluding hydrogens is 725 g/mol. The van der Waals surface area contributed by atoms with Gasteiger partial charge in [0.2, 0.25) is 0 Å². The third-order valence-corrected chi connectivity index (χ3v) is 11.8. The number of anilines is 3. The van der Waals surface area contributed by atoms with Gasteiger partial charge in [-0.15, -0.1) is 0 Å². The Morgan fingerprint density at radius 3 is 1.35 bits per heavy atom. The second-order valence-corrected chi connectivity index (χ2v) is 15.3. The van der Waals surface area contributed by atoms with Crippen LogP contribution in [-0.4, -0.2) is 4.57 Å². The minimum Gasteiger partial charge on any atom is -0.310 e. The lowest BCUT2D eigenvalue weighted by Crippen LogP contribution is -2.10. The summed E-state index contributed by atoms with van der Waals surface area (Å²) in [5.74, 6) is 0. The van der Waals surface area contributed by atoms with Gasteiger partial charge < -0.3 is 9.47 Å². The van der Waals surface area contributed by atoms with E-state index in [1.807, 2.05) is 0 Å². The molecule has 10 aromatic carbocycles. The Morgan fingerprint density at radius 2 is 0.733 bits per heavy atom. The van der Waals surface area contributed by atoms with Gasteiger partial charge in [-0.1, -0.05) is 188 Å². The number of benzene rings is 10. The number of nitrogens with zero attached hydrogens (tertiary/aromatic N) is 2. The summed E-state index contributed by atoms with van der Waals surface area (Å²) in [7, 11) is 0. The molecular formula is C58H40N2. The molecule has 0 saturated heterocycles. The highest BCUT2D eigenvalue weighted by Gasteiger charge is 2.18. The van der Waals surface area contributed by atoms with Crippen LogP contribution in [0, 0.1) is 0 Å². The summed E-state index contributed by atoms with van der Waals surface area (Å²) in [5.41, 5.74) is 16.4. The molecule has 11 rings (SSSR count). The van der Waals surface area contributed by atoms with Crippen molar-refractivity contribution in [3.05, 3.63) is 243 Å². The van der Waals surface area contributed by atoms with Crippen LogP contribution in [0.4, 0.5) is 17.1 Å². The van der Waals surface area contributed by atoms with Gasteiger partial charge in [0.05, 0.1) is 11.0 Å². The normalized spacial score (nSPS) is 11.3. The van der Waals surface area contributed by atoms with Crippen LogP contribution in [0.1, 0.15) is 0 Å². The van der Waals surface area contributed by atoms with Crippen molar-refractivity contribution in [2.75, 3.05) is 4.90 Å². The Labute approximate surface area is 350 Å². The maximum absolute atomic E-state index is 2.40. The lowest BCUT2D eigenvalue weighted by Gasteiger charge is -2.27. The summed E-state index contributed by atoms with van der Waals surface area (Å²) in [6.07, 6.45) is 0. The van der Waals surface area contributed by atoms with Crippen LogP contribution in [0.5, 0.6) is 0 Å². The third kappa shape index (κ3) is 6.32. The zero-order valence-electron chi connectivity index (χ0n) is 33.0. The highest BCUT2D eigenvalue weighted by molar-refractivity contribution is 6.09. The summed E-state index contributed by atoms with van der Waals surface area (Å²) in [6, 6.07) is 87.9. The Morgan fingerprint density at radius 1 is 0.283 bits per heavy atom. The van der Waals surface area contributed by atoms with Gasteiger partial charge in [-0.3, -0.25) is 0 Å². The number of rotatable bonds is 8. The average Bonchev–Trinajstić information content (AvgIpc) is 3.67. The Bertz CT molecular complexity index is 3230. The third-order valence-electron chi connectivity index (χ3n) is 11.8. The first-order chi connectivity index (χ1) is 29.8. The molecule has 0 N–H and O–H groups in total. The smallest absolute Gasteiger partial charge is 0.0541 e. The topological polar surface area (TPSA) is 8.17 Å². The van der Waals surface area contributed by atoms with Crippen molar-refractivity contribution in [1.29, 1.82) is 0 Å². The lowest BCUT2D eigenvalue weighted by atomic mass is 9.91. The van der Waals surface area contributed by atoms with Crippen LogP contribution in [0.3, 0.4) is 0 Å². The Balaban J connectivity index is 1.05. The number of fused-ring (bicyclic) bond motifs is 4. The zero-order valence-corrected chi connectivity index (χ0v) is 33.0. The van der Waals surface area contributed by atoms with E-state index in [1.54, 1.807) is 0 Å². The maximum atomic E-state index is 2.40. The molecule has 0 bridgehead atoms. The Hall–Kier alpha value is -7.94. The van der Waals surface area contributed by atoms with Crippen molar-refractivity contribution >= 4 is 49.6 Å². The first kappa shape index (κ1) is 35.2. The van der Waals surface area contributed by atoms with Gasteiger partial charge in [-0.05, 0) is 110 Å². The average molecular weight is 765 g/mol. The minimum absolute atomic E-state index is 1.08. The SMILES string of the molecule is c1ccc(-c2ccc(-c3ccc(N(c4cccc(-c5cccc6cccc(-c7ccccc7)c56)c4)c4cccc(-n5c6ccccc6c6ccccc65)c4)cc3)cc2)cc1. The van der Waals surface area contributed by atoms with Crippen molar-refractivity contribution in [3.8, 4) is 50.2 Å². The minimum atomic E-state index is 1.08. The van der Waals surface area contributed by atoms with Crippen LogP contribution >= 0.6 is 0 Å².